The first-order valence-electron chi connectivity index (χ1n) is 3.59. The van der Waals surface area contributed by atoms with Crippen molar-refractivity contribution in [1.82, 2.24) is 15.0 Å². The van der Waals surface area contributed by atoms with Crippen molar-refractivity contribution in [2.24, 2.45) is 0 Å². The first kappa shape index (κ1) is 8.96. The fourth-order valence-electron chi connectivity index (χ4n) is 0.973. The number of aromatic nitrogens is 3. The van der Waals surface area contributed by atoms with Crippen LogP contribution in [0.4, 0.5) is 0 Å². The van der Waals surface area contributed by atoms with Gasteiger partial charge in [0.1, 0.15) is 0 Å². The minimum Gasteiger partial charge on any atom is -0.221 e. The third kappa shape index (κ3) is 1.83. The Bertz CT molecular complexity index is 413. The van der Waals surface area contributed by atoms with Gasteiger partial charge in [0.05, 0.1) is 23.1 Å². The molecule has 3 nitrogen and oxygen atoms in total. The molecule has 2 rings (SSSR count). The van der Waals surface area contributed by atoms with E-state index in [4.69, 9.17) is 11.6 Å². The maximum absolute atomic E-state index is 5.96. The number of rotatable bonds is 1. The van der Waals surface area contributed by atoms with Gasteiger partial charge in [-0.2, -0.15) is 0 Å². The van der Waals surface area contributed by atoms with Crippen molar-refractivity contribution >= 4 is 34.2 Å². The third-order valence-electron chi connectivity index (χ3n) is 1.59. The van der Waals surface area contributed by atoms with Gasteiger partial charge in [0, 0.05) is 3.57 Å². The van der Waals surface area contributed by atoms with Gasteiger partial charge in [0.2, 0.25) is 0 Å². The molecule has 1 aromatic heterocycles. The number of hydrogen-bond donors (Lipinski definition) is 0. The molecule has 0 fully saturated rings. The van der Waals surface area contributed by atoms with Gasteiger partial charge in [-0.15, -0.1) is 5.10 Å². The number of halogens is 2. The van der Waals surface area contributed by atoms with Crippen LogP contribution < -0.4 is 0 Å². The minimum atomic E-state index is 0.730. The van der Waals surface area contributed by atoms with Gasteiger partial charge >= 0.3 is 0 Å². The van der Waals surface area contributed by atoms with Crippen molar-refractivity contribution < 1.29 is 0 Å². The number of benzene rings is 1. The molecule has 66 valence electrons. The fraction of sp³-hybridized carbons (Fsp3) is 0. The van der Waals surface area contributed by atoms with Crippen LogP contribution in [0.25, 0.3) is 5.69 Å². The lowest BCUT2D eigenvalue weighted by Crippen LogP contribution is -1.94. The monoisotopic (exact) mass is 305 g/mol. The molecule has 0 unspecified atom stereocenters. The van der Waals surface area contributed by atoms with Crippen LogP contribution in [0.1, 0.15) is 0 Å². The largest absolute Gasteiger partial charge is 0.221 e. The van der Waals surface area contributed by atoms with Crippen molar-refractivity contribution in [3.63, 3.8) is 0 Å². The second kappa shape index (κ2) is 3.63. The van der Waals surface area contributed by atoms with Crippen molar-refractivity contribution in [2.45, 2.75) is 0 Å². The van der Waals surface area contributed by atoms with E-state index in [0.29, 0.717) is 0 Å². The van der Waals surface area contributed by atoms with E-state index in [1.165, 1.54) is 0 Å². The number of nitrogens with zero attached hydrogens (tertiary/aromatic N) is 3. The standard InChI is InChI=1S/C8H5ClIN3/c9-7-5-6(1-2-8(7)10)13-4-3-11-12-13/h1-5H. The molecule has 0 saturated carbocycles. The Labute approximate surface area is 93.8 Å². The molecule has 0 saturated heterocycles. The molecule has 1 heterocycles. The van der Waals surface area contributed by atoms with E-state index >= 15 is 0 Å². The van der Waals surface area contributed by atoms with Crippen LogP contribution in [0.2, 0.25) is 5.02 Å². The highest BCUT2D eigenvalue weighted by atomic mass is 127. The van der Waals surface area contributed by atoms with E-state index in [-0.39, 0.29) is 0 Å². The van der Waals surface area contributed by atoms with Crippen LogP contribution in [-0.2, 0) is 0 Å². The Balaban J connectivity index is 2.49. The summed E-state index contributed by atoms with van der Waals surface area (Å²) in [6, 6.07) is 5.75. The zero-order valence-corrected chi connectivity index (χ0v) is 9.40. The van der Waals surface area contributed by atoms with Crippen molar-refractivity contribution in [1.29, 1.82) is 0 Å². The first-order chi connectivity index (χ1) is 6.27. The molecule has 0 amide bonds. The predicted molar refractivity (Wildman–Crippen MR) is 59.1 cm³/mol. The summed E-state index contributed by atoms with van der Waals surface area (Å²) < 4.78 is 2.70. The van der Waals surface area contributed by atoms with Crippen LogP contribution >= 0.6 is 34.2 Å². The van der Waals surface area contributed by atoms with E-state index in [2.05, 4.69) is 32.9 Å². The lowest BCUT2D eigenvalue weighted by molar-refractivity contribution is 0.803. The van der Waals surface area contributed by atoms with Gasteiger partial charge < -0.3 is 0 Å². The summed E-state index contributed by atoms with van der Waals surface area (Å²) in [6.45, 7) is 0. The highest BCUT2D eigenvalue weighted by Gasteiger charge is 2.00. The Morgan fingerprint density at radius 2 is 2.23 bits per heavy atom. The van der Waals surface area contributed by atoms with Gasteiger partial charge in [0.15, 0.2) is 0 Å². The summed E-state index contributed by atoms with van der Waals surface area (Å²) in [5.74, 6) is 0. The smallest absolute Gasteiger partial charge is 0.0697 e. The second-order valence-corrected chi connectivity index (χ2v) is 4.02. The molecule has 0 spiro atoms. The average molecular weight is 306 g/mol. The van der Waals surface area contributed by atoms with Crippen LogP contribution in [0, 0.1) is 3.57 Å². The zero-order valence-electron chi connectivity index (χ0n) is 6.48. The second-order valence-electron chi connectivity index (χ2n) is 2.45. The summed E-state index contributed by atoms with van der Waals surface area (Å²) in [5.41, 5.74) is 0.919. The zero-order chi connectivity index (χ0) is 9.26. The summed E-state index contributed by atoms with van der Waals surface area (Å²) in [6.07, 6.45) is 3.41. The van der Waals surface area contributed by atoms with E-state index in [0.717, 1.165) is 14.3 Å². The Kier molecular flexibility index (Phi) is 2.50. The van der Waals surface area contributed by atoms with Crippen LogP contribution in [0.3, 0.4) is 0 Å². The molecule has 5 heteroatoms. The number of hydrogen-bond acceptors (Lipinski definition) is 2. The normalized spacial score (nSPS) is 10.3. The highest BCUT2D eigenvalue weighted by molar-refractivity contribution is 14.1. The van der Waals surface area contributed by atoms with E-state index in [9.17, 15) is 0 Å². The molecule has 0 aliphatic rings. The van der Waals surface area contributed by atoms with Crippen molar-refractivity contribution in [3.05, 3.63) is 39.2 Å². The molecule has 13 heavy (non-hydrogen) atoms. The Hall–Kier alpha value is -0.620. The maximum atomic E-state index is 5.96. The molecule has 0 radical (unpaired) electrons. The predicted octanol–water partition coefficient (Wildman–Crippen LogP) is 2.53. The summed E-state index contributed by atoms with van der Waals surface area (Å²) in [4.78, 5) is 0. The van der Waals surface area contributed by atoms with Crippen LogP contribution in [0.15, 0.2) is 30.6 Å². The van der Waals surface area contributed by atoms with E-state index in [1.54, 1.807) is 17.1 Å². The molecule has 0 atom stereocenters. The highest BCUT2D eigenvalue weighted by Crippen LogP contribution is 2.20. The van der Waals surface area contributed by atoms with E-state index < -0.39 is 0 Å². The van der Waals surface area contributed by atoms with Gasteiger partial charge in [-0.05, 0) is 40.8 Å². The average Bonchev–Trinajstić information content (AvgIpc) is 2.62. The molecule has 0 aliphatic carbocycles. The molecule has 1 aromatic carbocycles. The molecule has 2 aromatic rings. The SMILES string of the molecule is Clc1cc(-n2ccnn2)ccc1I. The molecule has 0 bridgehead atoms. The van der Waals surface area contributed by atoms with Crippen LogP contribution in [0.5, 0.6) is 0 Å². The van der Waals surface area contributed by atoms with Crippen LogP contribution in [-0.4, -0.2) is 15.0 Å². The fourth-order valence-corrected chi connectivity index (χ4v) is 1.48. The lowest BCUT2D eigenvalue weighted by Gasteiger charge is -2.01. The van der Waals surface area contributed by atoms with E-state index in [1.807, 2.05) is 18.2 Å². The molecule has 0 aliphatic heterocycles. The van der Waals surface area contributed by atoms with Gasteiger partial charge in [0.25, 0.3) is 0 Å². The Morgan fingerprint density at radius 1 is 1.38 bits per heavy atom. The topological polar surface area (TPSA) is 30.7 Å². The first-order valence-corrected chi connectivity index (χ1v) is 5.05. The minimum absolute atomic E-state index is 0.730. The summed E-state index contributed by atoms with van der Waals surface area (Å²) in [7, 11) is 0. The summed E-state index contributed by atoms with van der Waals surface area (Å²) >= 11 is 8.14. The summed E-state index contributed by atoms with van der Waals surface area (Å²) in [5, 5.41) is 8.31. The van der Waals surface area contributed by atoms with Crippen molar-refractivity contribution in [2.75, 3.05) is 0 Å². The maximum Gasteiger partial charge on any atom is 0.0697 e. The quantitative estimate of drug-likeness (QED) is 0.758. The molecular formula is C8H5ClIN3. The van der Waals surface area contributed by atoms with Gasteiger partial charge in [-0.3, -0.25) is 0 Å². The molecular weight excluding hydrogens is 300 g/mol. The molecule has 0 N–H and O–H groups in total. The van der Waals surface area contributed by atoms with Gasteiger partial charge in [-0.1, -0.05) is 16.8 Å². The Morgan fingerprint density at radius 3 is 2.85 bits per heavy atom. The lowest BCUT2D eigenvalue weighted by atomic mass is 10.3. The van der Waals surface area contributed by atoms with Crippen molar-refractivity contribution in [3.8, 4) is 5.69 Å². The van der Waals surface area contributed by atoms with Gasteiger partial charge in [-0.25, -0.2) is 4.68 Å². The third-order valence-corrected chi connectivity index (χ3v) is 3.16.